The van der Waals surface area contributed by atoms with Crippen LogP contribution >= 0.6 is 0 Å². The van der Waals surface area contributed by atoms with E-state index in [1.807, 2.05) is 30.6 Å². The summed E-state index contributed by atoms with van der Waals surface area (Å²) in [6.45, 7) is 2.77. The Bertz CT molecular complexity index is 1100. The molecular formula is C23H22N6. The molecule has 0 saturated carbocycles. The molecule has 29 heavy (non-hydrogen) atoms. The molecule has 1 aliphatic heterocycles. The Balaban J connectivity index is 1.60. The van der Waals surface area contributed by atoms with Gasteiger partial charge in [-0.15, -0.1) is 0 Å². The Morgan fingerprint density at radius 2 is 1.76 bits per heavy atom. The van der Waals surface area contributed by atoms with Crippen molar-refractivity contribution in [3.8, 4) is 11.4 Å². The molecule has 1 aromatic carbocycles. The van der Waals surface area contributed by atoms with Crippen LogP contribution in [0, 0.1) is 0 Å². The quantitative estimate of drug-likeness (QED) is 0.585. The van der Waals surface area contributed by atoms with E-state index < -0.39 is 0 Å². The molecule has 0 amide bonds. The van der Waals surface area contributed by atoms with E-state index in [2.05, 4.69) is 50.5 Å². The van der Waals surface area contributed by atoms with Crippen LogP contribution in [-0.4, -0.2) is 45.6 Å². The van der Waals surface area contributed by atoms with E-state index in [1.165, 1.54) is 5.56 Å². The molecule has 6 nitrogen and oxygen atoms in total. The second-order valence-corrected chi connectivity index (χ2v) is 7.24. The van der Waals surface area contributed by atoms with Gasteiger partial charge in [0, 0.05) is 55.2 Å². The summed E-state index contributed by atoms with van der Waals surface area (Å²) in [6, 6.07) is 16.9. The molecule has 1 fully saturated rings. The molecule has 1 saturated heterocycles. The van der Waals surface area contributed by atoms with E-state index in [0.29, 0.717) is 11.9 Å². The average molecular weight is 382 g/mol. The number of nitrogens with zero attached hydrogens (tertiary/aromatic N) is 5. The van der Waals surface area contributed by atoms with Crippen LogP contribution in [0.5, 0.6) is 0 Å². The molecular weight excluding hydrogens is 360 g/mol. The van der Waals surface area contributed by atoms with Crippen LogP contribution in [0.2, 0.25) is 0 Å². The fraction of sp³-hybridized carbons (Fsp3) is 0.217. The number of pyridine rings is 2. The number of rotatable bonds is 4. The van der Waals surface area contributed by atoms with Crippen LogP contribution in [0.25, 0.3) is 22.3 Å². The second-order valence-electron chi connectivity index (χ2n) is 7.24. The van der Waals surface area contributed by atoms with Crippen LogP contribution in [-0.2, 0) is 6.42 Å². The van der Waals surface area contributed by atoms with E-state index in [0.717, 1.165) is 48.3 Å². The normalized spacial score (nSPS) is 16.8. The van der Waals surface area contributed by atoms with E-state index in [9.17, 15) is 0 Å². The Morgan fingerprint density at radius 1 is 0.931 bits per heavy atom. The maximum atomic E-state index is 5.02. The minimum atomic E-state index is 0.322. The number of aromatic nitrogens is 4. The lowest BCUT2D eigenvalue weighted by Gasteiger charge is -2.38. The van der Waals surface area contributed by atoms with Crippen molar-refractivity contribution in [2.45, 2.75) is 12.5 Å². The molecule has 0 spiro atoms. The van der Waals surface area contributed by atoms with Crippen LogP contribution < -0.4 is 10.2 Å². The lowest BCUT2D eigenvalue weighted by Crippen LogP contribution is -2.52. The first-order chi connectivity index (χ1) is 14.4. The molecule has 0 unspecified atom stereocenters. The van der Waals surface area contributed by atoms with Crippen molar-refractivity contribution in [2.75, 3.05) is 24.5 Å². The maximum Gasteiger partial charge on any atom is 0.162 e. The van der Waals surface area contributed by atoms with Crippen molar-refractivity contribution in [3.05, 3.63) is 78.9 Å². The van der Waals surface area contributed by atoms with E-state index in [4.69, 9.17) is 9.97 Å². The summed E-state index contributed by atoms with van der Waals surface area (Å²) in [5.41, 5.74) is 3.16. The molecule has 1 aliphatic rings. The van der Waals surface area contributed by atoms with Gasteiger partial charge in [0.05, 0.1) is 11.7 Å². The number of benzene rings is 1. The fourth-order valence-corrected chi connectivity index (χ4v) is 3.92. The zero-order valence-electron chi connectivity index (χ0n) is 16.1. The fourth-order valence-electron chi connectivity index (χ4n) is 3.92. The van der Waals surface area contributed by atoms with E-state index >= 15 is 0 Å². The van der Waals surface area contributed by atoms with Crippen molar-refractivity contribution < 1.29 is 0 Å². The summed E-state index contributed by atoms with van der Waals surface area (Å²) in [4.78, 5) is 20.6. The van der Waals surface area contributed by atoms with Crippen molar-refractivity contribution in [1.29, 1.82) is 0 Å². The molecule has 1 N–H and O–H groups in total. The predicted octanol–water partition coefficient (Wildman–Crippen LogP) is 3.11. The highest BCUT2D eigenvalue weighted by Gasteiger charge is 2.26. The summed E-state index contributed by atoms with van der Waals surface area (Å²) >= 11 is 0. The summed E-state index contributed by atoms with van der Waals surface area (Å²) in [5, 5.41) is 4.58. The van der Waals surface area contributed by atoms with Crippen LogP contribution in [0.15, 0.2) is 73.3 Å². The van der Waals surface area contributed by atoms with Crippen molar-refractivity contribution in [1.82, 2.24) is 25.3 Å². The van der Waals surface area contributed by atoms with Gasteiger partial charge in [0.2, 0.25) is 0 Å². The molecule has 144 valence electrons. The number of fused-ring (bicyclic) bond motifs is 1. The third kappa shape index (κ3) is 3.67. The van der Waals surface area contributed by atoms with Crippen LogP contribution in [0.1, 0.15) is 5.56 Å². The molecule has 4 heterocycles. The highest BCUT2D eigenvalue weighted by molar-refractivity contribution is 5.90. The zero-order valence-corrected chi connectivity index (χ0v) is 16.1. The van der Waals surface area contributed by atoms with Crippen molar-refractivity contribution in [2.24, 2.45) is 0 Å². The van der Waals surface area contributed by atoms with E-state index in [-0.39, 0.29) is 0 Å². The van der Waals surface area contributed by atoms with Crippen LogP contribution in [0.4, 0.5) is 5.82 Å². The molecule has 0 bridgehead atoms. The first-order valence-electron chi connectivity index (χ1n) is 9.92. The van der Waals surface area contributed by atoms with Gasteiger partial charge in [-0.3, -0.25) is 9.97 Å². The molecule has 6 heteroatoms. The average Bonchev–Trinajstić information content (AvgIpc) is 2.80. The van der Waals surface area contributed by atoms with Gasteiger partial charge in [-0.1, -0.05) is 30.3 Å². The zero-order chi connectivity index (χ0) is 19.5. The summed E-state index contributed by atoms with van der Waals surface area (Å²) in [6.07, 6.45) is 8.15. The molecule has 0 radical (unpaired) electrons. The highest BCUT2D eigenvalue weighted by atomic mass is 15.3. The third-order valence-electron chi connectivity index (χ3n) is 5.35. The van der Waals surface area contributed by atoms with Gasteiger partial charge in [0.1, 0.15) is 5.82 Å². The topological polar surface area (TPSA) is 66.8 Å². The molecule has 4 aromatic rings. The maximum absolute atomic E-state index is 5.02. The van der Waals surface area contributed by atoms with Gasteiger partial charge in [-0.05, 0) is 30.2 Å². The molecule has 0 aliphatic carbocycles. The van der Waals surface area contributed by atoms with Crippen molar-refractivity contribution >= 4 is 16.7 Å². The Morgan fingerprint density at radius 3 is 2.62 bits per heavy atom. The lowest BCUT2D eigenvalue weighted by molar-refractivity contribution is 0.471. The number of hydrogen-bond acceptors (Lipinski definition) is 6. The minimum absolute atomic E-state index is 0.322. The molecule has 1 atom stereocenters. The van der Waals surface area contributed by atoms with Crippen LogP contribution in [0.3, 0.4) is 0 Å². The number of piperazine rings is 1. The Hall–Kier alpha value is -3.38. The predicted molar refractivity (Wildman–Crippen MR) is 115 cm³/mol. The minimum Gasteiger partial charge on any atom is -0.350 e. The monoisotopic (exact) mass is 382 g/mol. The number of anilines is 1. The van der Waals surface area contributed by atoms with Gasteiger partial charge in [-0.25, -0.2) is 9.97 Å². The highest BCUT2D eigenvalue weighted by Crippen LogP contribution is 2.29. The largest absolute Gasteiger partial charge is 0.350 e. The number of nitrogens with one attached hydrogen (secondary N) is 1. The summed E-state index contributed by atoms with van der Waals surface area (Å²) < 4.78 is 0. The Kier molecular flexibility index (Phi) is 4.84. The third-order valence-corrected chi connectivity index (χ3v) is 5.35. The van der Waals surface area contributed by atoms with Gasteiger partial charge in [0.25, 0.3) is 0 Å². The molecule has 3 aromatic heterocycles. The van der Waals surface area contributed by atoms with Crippen molar-refractivity contribution in [3.63, 3.8) is 0 Å². The first-order valence-corrected chi connectivity index (χ1v) is 9.92. The first kappa shape index (κ1) is 17.7. The molecule has 5 rings (SSSR count). The lowest BCUT2D eigenvalue weighted by atomic mass is 10.0. The van der Waals surface area contributed by atoms with Gasteiger partial charge in [-0.2, -0.15) is 0 Å². The SMILES string of the molecule is c1ccc(C[C@H]2CNCCN2c2nc(-c3ccncc3)nc3cnccc23)cc1. The smallest absolute Gasteiger partial charge is 0.162 e. The van der Waals surface area contributed by atoms with Gasteiger partial charge >= 0.3 is 0 Å². The second kappa shape index (κ2) is 7.93. The Labute approximate surface area is 169 Å². The summed E-state index contributed by atoms with van der Waals surface area (Å²) in [5.74, 6) is 1.69. The van der Waals surface area contributed by atoms with E-state index in [1.54, 1.807) is 12.4 Å². The van der Waals surface area contributed by atoms with Gasteiger partial charge in [0.15, 0.2) is 5.82 Å². The van der Waals surface area contributed by atoms with Gasteiger partial charge < -0.3 is 10.2 Å². The number of hydrogen-bond donors (Lipinski definition) is 1. The standard InChI is InChI=1S/C23H22N6/c1-2-4-17(5-3-1)14-19-15-26-12-13-29(19)23-20-8-11-25-16-21(20)27-22(28-23)18-6-9-24-10-7-18/h1-11,16,19,26H,12-15H2/t19-/m0/s1. The summed E-state index contributed by atoms with van der Waals surface area (Å²) in [7, 11) is 0.